The molecule has 2 rings (SSSR count). The number of hydrogen-bond donors (Lipinski definition) is 0. The molecule has 0 aromatic heterocycles. The number of nitro groups is 1. The van der Waals surface area contributed by atoms with Gasteiger partial charge in [0.15, 0.2) is 5.78 Å². The van der Waals surface area contributed by atoms with E-state index in [0.717, 1.165) is 11.6 Å². The number of Topliss-reactive ketones (excluding diaryl/α,β-unsaturated/α-hetero) is 1. The molecule has 0 aliphatic rings. The van der Waals surface area contributed by atoms with Gasteiger partial charge in [-0.2, -0.15) is 4.39 Å². The molecule has 0 saturated carbocycles. The standard InChI is InChI=1S/C15H11F2NO3/c1-9-2-4-10(5-3-9)8-13(19)14-11(16)6-7-12(15(14)17)18(20)21/h2-7H,8H2,1H3. The lowest BCUT2D eigenvalue weighted by atomic mass is 10.0. The molecule has 0 amide bonds. The minimum absolute atomic E-state index is 0.227. The maximum Gasteiger partial charge on any atom is 0.305 e. The van der Waals surface area contributed by atoms with Crippen LogP contribution in [-0.2, 0) is 6.42 Å². The minimum atomic E-state index is -1.43. The third kappa shape index (κ3) is 3.10. The quantitative estimate of drug-likeness (QED) is 0.491. The van der Waals surface area contributed by atoms with Gasteiger partial charge in [0, 0.05) is 12.5 Å². The Hall–Kier alpha value is -2.63. The average Bonchev–Trinajstić information content (AvgIpc) is 2.41. The van der Waals surface area contributed by atoms with E-state index < -0.39 is 33.6 Å². The number of benzene rings is 2. The average molecular weight is 291 g/mol. The highest BCUT2D eigenvalue weighted by atomic mass is 19.1. The number of carbonyl (C=O) groups is 1. The lowest BCUT2D eigenvalue weighted by Gasteiger charge is -2.05. The van der Waals surface area contributed by atoms with Crippen molar-refractivity contribution in [2.75, 3.05) is 0 Å². The molecule has 0 aliphatic carbocycles. The number of nitro benzene ring substituents is 1. The van der Waals surface area contributed by atoms with Gasteiger partial charge in [-0.25, -0.2) is 4.39 Å². The van der Waals surface area contributed by atoms with Gasteiger partial charge in [-0.1, -0.05) is 29.8 Å². The molecular weight excluding hydrogens is 280 g/mol. The van der Waals surface area contributed by atoms with Gasteiger partial charge < -0.3 is 0 Å². The Balaban J connectivity index is 2.37. The molecule has 0 unspecified atom stereocenters. The zero-order valence-electron chi connectivity index (χ0n) is 11.1. The summed E-state index contributed by atoms with van der Waals surface area (Å²) in [6, 6.07) is 8.29. The first kappa shape index (κ1) is 14.8. The van der Waals surface area contributed by atoms with Crippen LogP contribution < -0.4 is 0 Å². The summed E-state index contributed by atoms with van der Waals surface area (Å²) in [6.07, 6.45) is -0.227. The molecule has 0 N–H and O–H groups in total. The summed E-state index contributed by atoms with van der Waals surface area (Å²) < 4.78 is 27.5. The third-order valence-corrected chi connectivity index (χ3v) is 3.03. The highest BCUT2D eigenvalue weighted by molar-refractivity contribution is 5.98. The maximum absolute atomic E-state index is 13.9. The lowest BCUT2D eigenvalue weighted by molar-refractivity contribution is -0.387. The number of hydrogen-bond acceptors (Lipinski definition) is 3. The zero-order valence-corrected chi connectivity index (χ0v) is 11.1. The van der Waals surface area contributed by atoms with Gasteiger partial charge in [0.2, 0.25) is 5.82 Å². The van der Waals surface area contributed by atoms with Crippen LogP contribution in [0.1, 0.15) is 21.5 Å². The first-order chi connectivity index (χ1) is 9.90. The molecule has 108 valence electrons. The van der Waals surface area contributed by atoms with Gasteiger partial charge >= 0.3 is 5.69 Å². The van der Waals surface area contributed by atoms with Gasteiger partial charge in [-0.05, 0) is 18.6 Å². The van der Waals surface area contributed by atoms with Crippen molar-refractivity contribution in [2.24, 2.45) is 0 Å². The largest absolute Gasteiger partial charge is 0.305 e. The second-order valence-electron chi connectivity index (χ2n) is 4.60. The van der Waals surface area contributed by atoms with Crippen molar-refractivity contribution in [3.63, 3.8) is 0 Å². The summed E-state index contributed by atoms with van der Waals surface area (Å²) in [6.45, 7) is 1.87. The second-order valence-corrected chi connectivity index (χ2v) is 4.60. The van der Waals surface area contributed by atoms with Crippen molar-refractivity contribution >= 4 is 11.5 Å². The normalized spacial score (nSPS) is 10.4. The van der Waals surface area contributed by atoms with Crippen LogP contribution in [0, 0.1) is 28.7 Å². The van der Waals surface area contributed by atoms with Gasteiger partial charge in [0.25, 0.3) is 0 Å². The lowest BCUT2D eigenvalue weighted by Crippen LogP contribution is -2.11. The molecule has 0 atom stereocenters. The van der Waals surface area contributed by atoms with Crippen molar-refractivity contribution in [1.82, 2.24) is 0 Å². The molecule has 2 aromatic carbocycles. The molecule has 0 radical (unpaired) electrons. The molecule has 0 aliphatic heterocycles. The Morgan fingerprint density at radius 2 is 1.76 bits per heavy atom. The molecule has 0 heterocycles. The van der Waals surface area contributed by atoms with Crippen molar-refractivity contribution < 1.29 is 18.5 Å². The fourth-order valence-corrected chi connectivity index (χ4v) is 1.92. The number of ketones is 1. The third-order valence-electron chi connectivity index (χ3n) is 3.03. The molecule has 21 heavy (non-hydrogen) atoms. The van der Waals surface area contributed by atoms with Crippen LogP contribution in [-0.4, -0.2) is 10.7 Å². The van der Waals surface area contributed by atoms with Crippen molar-refractivity contribution in [3.05, 3.63) is 74.8 Å². The summed E-state index contributed by atoms with van der Waals surface area (Å²) in [5.41, 5.74) is -0.219. The molecule has 6 heteroatoms. The molecule has 4 nitrogen and oxygen atoms in total. The predicted molar refractivity (Wildman–Crippen MR) is 72.2 cm³/mol. The van der Waals surface area contributed by atoms with Crippen LogP contribution in [0.25, 0.3) is 0 Å². The van der Waals surface area contributed by atoms with Crippen molar-refractivity contribution in [1.29, 1.82) is 0 Å². The van der Waals surface area contributed by atoms with Crippen LogP contribution in [0.15, 0.2) is 36.4 Å². The topological polar surface area (TPSA) is 60.2 Å². The Kier molecular flexibility index (Phi) is 4.07. The summed E-state index contributed by atoms with van der Waals surface area (Å²) in [5, 5.41) is 10.6. The monoisotopic (exact) mass is 291 g/mol. The van der Waals surface area contributed by atoms with E-state index in [1.165, 1.54) is 0 Å². The van der Waals surface area contributed by atoms with Gasteiger partial charge in [-0.3, -0.25) is 14.9 Å². The number of halogens is 2. The maximum atomic E-state index is 13.9. The first-order valence-corrected chi connectivity index (χ1v) is 6.11. The van der Waals surface area contributed by atoms with E-state index in [9.17, 15) is 23.7 Å². The highest BCUT2D eigenvalue weighted by Gasteiger charge is 2.25. The van der Waals surface area contributed by atoms with Crippen LogP contribution in [0.2, 0.25) is 0 Å². The van der Waals surface area contributed by atoms with Crippen LogP contribution in [0.5, 0.6) is 0 Å². The van der Waals surface area contributed by atoms with Gasteiger partial charge in [0.05, 0.1) is 10.5 Å². The molecule has 0 bridgehead atoms. The number of aryl methyl sites for hydroxylation is 1. The molecule has 0 fully saturated rings. The summed E-state index contributed by atoms with van der Waals surface area (Å²) >= 11 is 0. The smallest absolute Gasteiger partial charge is 0.294 e. The molecule has 0 spiro atoms. The summed E-state index contributed by atoms with van der Waals surface area (Å²) in [7, 11) is 0. The van der Waals surface area contributed by atoms with E-state index in [1.807, 2.05) is 6.92 Å². The first-order valence-electron chi connectivity index (χ1n) is 6.11. The van der Waals surface area contributed by atoms with Crippen molar-refractivity contribution in [3.8, 4) is 0 Å². The number of nitrogens with zero attached hydrogens (tertiary/aromatic N) is 1. The van der Waals surface area contributed by atoms with Crippen molar-refractivity contribution in [2.45, 2.75) is 13.3 Å². The summed E-state index contributed by atoms with van der Waals surface area (Å²) in [5.74, 6) is -3.37. The SMILES string of the molecule is Cc1ccc(CC(=O)c2c(F)ccc([N+](=O)[O-])c2F)cc1. The molecule has 0 saturated heterocycles. The molecule has 2 aromatic rings. The summed E-state index contributed by atoms with van der Waals surface area (Å²) in [4.78, 5) is 21.7. The fourth-order valence-electron chi connectivity index (χ4n) is 1.92. The second kappa shape index (κ2) is 5.78. The van der Waals surface area contributed by atoms with Crippen LogP contribution in [0.3, 0.4) is 0 Å². The zero-order chi connectivity index (χ0) is 15.6. The Labute approximate surface area is 119 Å². The van der Waals surface area contributed by atoms with E-state index in [0.29, 0.717) is 11.6 Å². The number of rotatable bonds is 4. The van der Waals surface area contributed by atoms with E-state index in [2.05, 4.69) is 0 Å². The Morgan fingerprint density at radius 1 is 1.14 bits per heavy atom. The minimum Gasteiger partial charge on any atom is -0.294 e. The predicted octanol–water partition coefficient (Wildman–Crippen LogP) is 3.61. The Morgan fingerprint density at radius 3 is 2.33 bits per heavy atom. The fraction of sp³-hybridized carbons (Fsp3) is 0.133. The molecular formula is C15H11F2NO3. The van der Waals surface area contributed by atoms with Gasteiger partial charge in [0.1, 0.15) is 5.82 Å². The highest BCUT2D eigenvalue weighted by Crippen LogP contribution is 2.24. The van der Waals surface area contributed by atoms with Crippen LogP contribution in [0.4, 0.5) is 14.5 Å². The van der Waals surface area contributed by atoms with E-state index in [4.69, 9.17) is 0 Å². The van der Waals surface area contributed by atoms with E-state index in [-0.39, 0.29) is 6.42 Å². The number of carbonyl (C=O) groups excluding carboxylic acids is 1. The Bertz CT molecular complexity index is 712. The van der Waals surface area contributed by atoms with Gasteiger partial charge in [-0.15, -0.1) is 0 Å². The van der Waals surface area contributed by atoms with Crippen LogP contribution >= 0.6 is 0 Å². The van der Waals surface area contributed by atoms with E-state index >= 15 is 0 Å². The van der Waals surface area contributed by atoms with E-state index in [1.54, 1.807) is 24.3 Å².